The van der Waals surface area contributed by atoms with Crippen LogP contribution < -0.4 is 10.2 Å². The first-order chi connectivity index (χ1) is 15.2. The highest BCUT2D eigenvalue weighted by Gasteiger charge is 2.35. The standard InChI is InChI=1S/C21H15F3N6O2/c1-12-11-29(15-5-3-14(4-6-15)21(22,23)24)20(32)18-17(10-27-30(12)18)28-19(31)16-7-2-13(8-25)9-26-16/h2-7,9-10,12H,11H2,1H3,(H,28,31)/t12-/m0/s1. The van der Waals surface area contributed by atoms with E-state index < -0.39 is 23.6 Å². The van der Waals surface area contributed by atoms with Crippen LogP contribution >= 0.6 is 0 Å². The molecule has 1 atom stereocenters. The van der Waals surface area contributed by atoms with Crippen molar-refractivity contribution in [3.63, 3.8) is 0 Å². The summed E-state index contributed by atoms with van der Waals surface area (Å²) in [7, 11) is 0. The van der Waals surface area contributed by atoms with Gasteiger partial charge in [0.25, 0.3) is 11.8 Å². The van der Waals surface area contributed by atoms with E-state index >= 15 is 0 Å². The summed E-state index contributed by atoms with van der Waals surface area (Å²) in [5, 5.41) is 15.6. The predicted octanol–water partition coefficient (Wildman–Crippen LogP) is 3.64. The van der Waals surface area contributed by atoms with Crippen molar-refractivity contribution in [1.29, 1.82) is 5.26 Å². The van der Waals surface area contributed by atoms with Gasteiger partial charge in [-0.3, -0.25) is 14.3 Å². The second-order valence-corrected chi connectivity index (χ2v) is 7.16. The Hall–Kier alpha value is -4.20. The van der Waals surface area contributed by atoms with Crippen LogP contribution in [0.5, 0.6) is 0 Å². The molecule has 0 bridgehead atoms. The molecule has 3 heterocycles. The highest BCUT2D eigenvalue weighted by molar-refractivity contribution is 6.12. The van der Waals surface area contributed by atoms with Crippen molar-refractivity contribution >= 4 is 23.2 Å². The van der Waals surface area contributed by atoms with Crippen molar-refractivity contribution < 1.29 is 22.8 Å². The summed E-state index contributed by atoms with van der Waals surface area (Å²) >= 11 is 0. The lowest BCUT2D eigenvalue weighted by molar-refractivity contribution is -0.137. The van der Waals surface area contributed by atoms with Gasteiger partial charge in [0.1, 0.15) is 11.8 Å². The van der Waals surface area contributed by atoms with Crippen LogP contribution in [-0.4, -0.2) is 33.1 Å². The van der Waals surface area contributed by atoms with Crippen LogP contribution in [0.2, 0.25) is 0 Å². The highest BCUT2D eigenvalue weighted by atomic mass is 19.4. The van der Waals surface area contributed by atoms with Crippen LogP contribution in [0.25, 0.3) is 0 Å². The molecule has 1 aliphatic rings. The Bertz CT molecular complexity index is 1230. The van der Waals surface area contributed by atoms with Gasteiger partial charge in [-0.15, -0.1) is 0 Å². The lowest BCUT2D eigenvalue weighted by atomic mass is 10.1. The maximum Gasteiger partial charge on any atom is 0.416 e. The van der Waals surface area contributed by atoms with Gasteiger partial charge in [0.15, 0.2) is 5.69 Å². The van der Waals surface area contributed by atoms with E-state index in [2.05, 4.69) is 15.4 Å². The number of halogens is 3. The van der Waals surface area contributed by atoms with Crippen molar-refractivity contribution in [3.8, 4) is 6.07 Å². The molecule has 0 radical (unpaired) electrons. The van der Waals surface area contributed by atoms with E-state index in [4.69, 9.17) is 5.26 Å². The lowest BCUT2D eigenvalue weighted by Crippen LogP contribution is -2.43. The second kappa shape index (κ2) is 7.81. The molecule has 0 unspecified atom stereocenters. The average molecular weight is 440 g/mol. The van der Waals surface area contributed by atoms with Crippen molar-refractivity contribution in [1.82, 2.24) is 14.8 Å². The molecule has 8 nitrogen and oxygen atoms in total. The predicted molar refractivity (Wildman–Crippen MR) is 107 cm³/mol. The Morgan fingerprint density at radius 3 is 2.50 bits per heavy atom. The van der Waals surface area contributed by atoms with E-state index in [0.29, 0.717) is 11.3 Å². The van der Waals surface area contributed by atoms with E-state index in [1.165, 1.54) is 46.2 Å². The van der Waals surface area contributed by atoms with Gasteiger partial charge in [-0.25, -0.2) is 4.98 Å². The lowest BCUT2D eigenvalue weighted by Gasteiger charge is -2.32. The number of pyridine rings is 1. The molecule has 1 aromatic carbocycles. The van der Waals surface area contributed by atoms with Gasteiger partial charge in [0.2, 0.25) is 0 Å². The molecule has 32 heavy (non-hydrogen) atoms. The van der Waals surface area contributed by atoms with Crippen molar-refractivity contribution in [2.45, 2.75) is 19.1 Å². The number of rotatable bonds is 3. The molecule has 3 aromatic rings. The Morgan fingerprint density at radius 2 is 1.91 bits per heavy atom. The third kappa shape index (κ3) is 3.78. The maximum atomic E-state index is 13.2. The van der Waals surface area contributed by atoms with E-state index in [1.54, 1.807) is 6.92 Å². The molecular weight excluding hydrogens is 425 g/mol. The number of nitrogens with one attached hydrogen (secondary N) is 1. The quantitative estimate of drug-likeness (QED) is 0.670. The van der Waals surface area contributed by atoms with Gasteiger partial charge in [-0.1, -0.05) is 0 Å². The van der Waals surface area contributed by atoms with Crippen LogP contribution in [0, 0.1) is 11.3 Å². The largest absolute Gasteiger partial charge is 0.416 e. The molecular formula is C21H15F3N6O2. The van der Waals surface area contributed by atoms with Crippen molar-refractivity contribution in [3.05, 3.63) is 71.3 Å². The Kier molecular flexibility index (Phi) is 5.14. The first-order valence-corrected chi connectivity index (χ1v) is 9.43. The average Bonchev–Trinajstić information content (AvgIpc) is 3.20. The minimum absolute atomic E-state index is 0.0415. The van der Waals surface area contributed by atoms with Gasteiger partial charge >= 0.3 is 6.18 Å². The Balaban J connectivity index is 1.61. The van der Waals surface area contributed by atoms with E-state index in [1.807, 2.05) is 6.07 Å². The molecule has 1 aliphatic heterocycles. The molecule has 162 valence electrons. The number of hydrogen-bond acceptors (Lipinski definition) is 5. The first kappa shape index (κ1) is 21.0. The van der Waals surface area contributed by atoms with Gasteiger partial charge in [0.05, 0.1) is 29.1 Å². The van der Waals surface area contributed by atoms with Crippen LogP contribution in [0.1, 0.15) is 45.1 Å². The van der Waals surface area contributed by atoms with Crippen LogP contribution in [0.3, 0.4) is 0 Å². The number of nitriles is 1. The molecule has 2 amide bonds. The molecule has 0 aliphatic carbocycles. The summed E-state index contributed by atoms with van der Waals surface area (Å²) in [6, 6.07) is 8.73. The molecule has 11 heteroatoms. The first-order valence-electron chi connectivity index (χ1n) is 9.43. The SMILES string of the molecule is C[C@H]1CN(c2ccc(C(F)(F)F)cc2)C(=O)c2c(NC(=O)c3ccc(C#N)cn3)cnn21. The van der Waals surface area contributed by atoms with Gasteiger partial charge in [-0.05, 0) is 43.3 Å². The second-order valence-electron chi connectivity index (χ2n) is 7.16. The number of fused-ring (bicyclic) bond motifs is 1. The molecule has 4 rings (SSSR count). The number of hydrogen-bond donors (Lipinski definition) is 1. The third-order valence-corrected chi connectivity index (χ3v) is 4.99. The smallest absolute Gasteiger partial charge is 0.317 e. The summed E-state index contributed by atoms with van der Waals surface area (Å²) in [4.78, 5) is 31.0. The minimum atomic E-state index is -4.48. The number of aromatic nitrogens is 3. The maximum absolute atomic E-state index is 13.2. The van der Waals surface area contributed by atoms with Gasteiger partial charge < -0.3 is 10.2 Å². The van der Waals surface area contributed by atoms with Gasteiger partial charge in [-0.2, -0.15) is 23.5 Å². The van der Waals surface area contributed by atoms with E-state index in [-0.39, 0.29) is 29.7 Å². The number of alkyl halides is 3. The molecule has 1 N–H and O–H groups in total. The number of benzene rings is 1. The minimum Gasteiger partial charge on any atom is -0.317 e. The zero-order valence-electron chi connectivity index (χ0n) is 16.6. The van der Waals surface area contributed by atoms with E-state index in [0.717, 1.165) is 12.1 Å². The number of anilines is 2. The van der Waals surface area contributed by atoms with Crippen molar-refractivity contribution in [2.75, 3.05) is 16.8 Å². The van der Waals surface area contributed by atoms with Crippen LogP contribution in [0.15, 0.2) is 48.8 Å². The fourth-order valence-electron chi connectivity index (χ4n) is 3.39. The van der Waals surface area contributed by atoms with Gasteiger partial charge in [0, 0.05) is 18.4 Å². The zero-order valence-corrected chi connectivity index (χ0v) is 16.6. The summed E-state index contributed by atoms with van der Waals surface area (Å²) in [5.41, 5.74) is 0.0702. The number of nitrogens with zero attached hydrogens (tertiary/aromatic N) is 5. The normalized spacial score (nSPS) is 15.8. The molecule has 2 aromatic heterocycles. The summed E-state index contributed by atoms with van der Waals surface area (Å²) in [6.45, 7) is 2.00. The molecule has 0 spiro atoms. The summed E-state index contributed by atoms with van der Waals surface area (Å²) in [5.74, 6) is -1.11. The molecule has 0 fully saturated rings. The Labute approximate surface area is 179 Å². The molecule has 0 saturated heterocycles. The van der Waals surface area contributed by atoms with E-state index in [9.17, 15) is 22.8 Å². The number of carbonyl (C=O) groups excluding carboxylic acids is 2. The fourth-order valence-corrected chi connectivity index (χ4v) is 3.39. The third-order valence-electron chi connectivity index (χ3n) is 4.99. The van der Waals surface area contributed by atoms with Crippen LogP contribution in [0.4, 0.5) is 24.5 Å². The fraction of sp³-hybridized carbons (Fsp3) is 0.190. The Morgan fingerprint density at radius 1 is 1.19 bits per heavy atom. The number of carbonyl (C=O) groups is 2. The monoisotopic (exact) mass is 440 g/mol. The van der Waals surface area contributed by atoms with Crippen molar-refractivity contribution in [2.24, 2.45) is 0 Å². The topological polar surface area (TPSA) is 104 Å². The highest BCUT2D eigenvalue weighted by Crippen LogP contribution is 2.33. The molecule has 0 saturated carbocycles. The zero-order chi connectivity index (χ0) is 23.0. The summed E-state index contributed by atoms with van der Waals surface area (Å²) < 4.78 is 40.0. The number of amides is 2. The van der Waals surface area contributed by atoms with Crippen LogP contribution in [-0.2, 0) is 6.18 Å². The summed E-state index contributed by atoms with van der Waals surface area (Å²) in [6.07, 6.45) is -1.89.